The minimum atomic E-state index is -0.378. The van der Waals surface area contributed by atoms with Gasteiger partial charge in [-0.05, 0) is 55.3 Å². The fraction of sp³-hybridized carbons (Fsp3) is 0.308. The highest BCUT2D eigenvalue weighted by molar-refractivity contribution is 6.00. The second kappa shape index (κ2) is 11.3. The summed E-state index contributed by atoms with van der Waals surface area (Å²) in [6.45, 7) is 3.49. The molecule has 1 aliphatic rings. The molecular formula is C26H29N5O4. The Morgan fingerprint density at radius 3 is 2.74 bits per heavy atom. The van der Waals surface area contributed by atoms with E-state index in [1.165, 1.54) is 0 Å². The first kappa shape index (κ1) is 24.0. The molecule has 2 heterocycles. The van der Waals surface area contributed by atoms with E-state index in [0.717, 1.165) is 24.2 Å². The first-order chi connectivity index (χ1) is 17.0. The fourth-order valence-electron chi connectivity index (χ4n) is 3.96. The van der Waals surface area contributed by atoms with E-state index in [1.54, 1.807) is 41.7 Å². The number of amides is 3. The SMILES string of the molecule is Cc1cccc(NC(=O)COc2ccc(N3C[C@@H](C(=O)NCCCn4ccnc4)CC3=O)cc2)c1. The van der Waals surface area contributed by atoms with Crippen LogP contribution in [0.5, 0.6) is 5.75 Å². The third-order valence-corrected chi connectivity index (χ3v) is 5.77. The maximum atomic E-state index is 12.5. The Hall–Kier alpha value is -4.14. The van der Waals surface area contributed by atoms with Crippen molar-refractivity contribution < 1.29 is 19.1 Å². The second-order valence-corrected chi connectivity index (χ2v) is 8.55. The Morgan fingerprint density at radius 2 is 2.00 bits per heavy atom. The van der Waals surface area contributed by atoms with E-state index in [-0.39, 0.29) is 36.7 Å². The Labute approximate surface area is 204 Å². The van der Waals surface area contributed by atoms with E-state index < -0.39 is 0 Å². The number of aromatic nitrogens is 2. The van der Waals surface area contributed by atoms with E-state index in [4.69, 9.17) is 4.74 Å². The summed E-state index contributed by atoms with van der Waals surface area (Å²) < 4.78 is 7.53. The number of hydrogen-bond donors (Lipinski definition) is 2. The number of aryl methyl sites for hydroxylation is 2. The van der Waals surface area contributed by atoms with Crippen molar-refractivity contribution in [2.24, 2.45) is 5.92 Å². The largest absolute Gasteiger partial charge is 0.484 e. The van der Waals surface area contributed by atoms with E-state index in [0.29, 0.717) is 24.5 Å². The molecule has 1 aliphatic heterocycles. The molecule has 1 saturated heterocycles. The molecule has 0 unspecified atom stereocenters. The van der Waals surface area contributed by atoms with Crippen LogP contribution < -0.4 is 20.3 Å². The van der Waals surface area contributed by atoms with E-state index >= 15 is 0 Å². The molecule has 4 rings (SSSR count). The first-order valence-corrected chi connectivity index (χ1v) is 11.6. The molecule has 0 spiro atoms. The topological polar surface area (TPSA) is 106 Å². The van der Waals surface area contributed by atoms with Crippen LogP contribution >= 0.6 is 0 Å². The maximum absolute atomic E-state index is 12.5. The number of nitrogens with one attached hydrogen (secondary N) is 2. The molecule has 2 aromatic carbocycles. The number of carbonyl (C=O) groups excluding carboxylic acids is 3. The summed E-state index contributed by atoms with van der Waals surface area (Å²) >= 11 is 0. The molecule has 2 N–H and O–H groups in total. The van der Waals surface area contributed by atoms with Crippen molar-refractivity contribution in [2.45, 2.75) is 26.3 Å². The van der Waals surface area contributed by atoms with Crippen molar-refractivity contribution in [1.29, 1.82) is 0 Å². The number of hydrogen-bond acceptors (Lipinski definition) is 5. The van der Waals surface area contributed by atoms with Gasteiger partial charge in [0.05, 0.1) is 12.2 Å². The van der Waals surface area contributed by atoms with Gasteiger partial charge < -0.3 is 24.8 Å². The summed E-state index contributed by atoms with van der Waals surface area (Å²) in [5.41, 5.74) is 2.47. The van der Waals surface area contributed by atoms with Gasteiger partial charge in [0.25, 0.3) is 5.91 Å². The van der Waals surface area contributed by atoms with Crippen LogP contribution in [0.2, 0.25) is 0 Å². The number of nitrogens with zero attached hydrogens (tertiary/aromatic N) is 3. The van der Waals surface area contributed by atoms with Gasteiger partial charge in [-0.15, -0.1) is 0 Å². The zero-order valence-electron chi connectivity index (χ0n) is 19.6. The predicted molar refractivity (Wildman–Crippen MR) is 132 cm³/mol. The summed E-state index contributed by atoms with van der Waals surface area (Å²) in [4.78, 5) is 42.8. The molecule has 3 amide bonds. The maximum Gasteiger partial charge on any atom is 0.262 e. The number of rotatable bonds is 10. The van der Waals surface area contributed by atoms with Crippen LogP contribution in [0.1, 0.15) is 18.4 Å². The fourth-order valence-corrected chi connectivity index (χ4v) is 3.96. The van der Waals surface area contributed by atoms with Crippen molar-refractivity contribution in [2.75, 3.05) is 29.9 Å². The Morgan fingerprint density at radius 1 is 1.17 bits per heavy atom. The molecule has 182 valence electrons. The Balaban J connectivity index is 1.22. The lowest BCUT2D eigenvalue weighted by atomic mass is 10.1. The number of carbonyl (C=O) groups is 3. The minimum absolute atomic E-state index is 0.0882. The van der Waals surface area contributed by atoms with E-state index in [1.807, 2.05) is 42.0 Å². The number of imidazole rings is 1. The molecule has 1 atom stereocenters. The molecule has 1 fully saturated rings. The average Bonchev–Trinajstić information content (AvgIpc) is 3.50. The molecule has 1 aromatic heterocycles. The van der Waals surface area contributed by atoms with Crippen molar-refractivity contribution in [3.05, 3.63) is 72.8 Å². The average molecular weight is 476 g/mol. The van der Waals surface area contributed by atoms with Crippen molar-refractivity contribution >= 4 is 29.1 Å². The van der Waals surface area contributed by atoms with Gasteiger partial charge in [0.2, 0.25) is 11.8 Å². The smallest absolute Gasteiger partial charge is 0.262 e. The number of benzene rings is 2. The predicted octanol–water partition coefficient (Wildman–Crippen LogP) is 2.77. The van der Waals surface area contributed by atoms with Crippen LogP contribution in [0, 0.1) is 12.8 Å². The second-order valence-electron chi connectivity index (χ2n) is 8.55. The highest BCUT2D eigenvalue weighted by atomic mass is 16.5. The molecule has 0 bridgehead atoms. The Bertz CT molecular complexity index is 1160. The zero-order chi connectivity index (χ0) is 24.6. The van der Waals surface area contributed by atoms with Gasteiger partial charge in [-0.2, -0.15) is 0 Å². The number of anilines is 2. The Kier molecular flexibility index (Phi) is 7.77. The molecule has 3 aromatic rings. The van der Waals surface area contributed by atoms with Gasteiger partial charge in [0.1, 0.15) is 5.75 Å². The lowest BCUT2D eigenvalue weighted by molar-refractivity contribution is -0.126. The van der Waals surface area contributed by atoms with Crippen molar-refractivity contribution in [3.63, 3.8) is 0 Å². The molecule has 0 aliphatic carbocycles. The van der Waals surface area contributed by atoms with Crippen LogP contribution in [0.3, 0.4) is 0 Å². The van der Waals surface area contributed by atoms with Crippen LogP contribution in [0.15, 0.2) is 67.3 Å². The minimum Gasteiger partial charge on any atom is -0.484 e. The number of ether oxygens (including phenoxy) is 1. The molecule has 0 saturated carbocycles. The summed E-state index contributed by atoms with van der Waals surface area (Å²) in [6, 6.07) is 14.5. The van der Waals surface area contributed by atoms with Crippen molar-refractivity contribution in [1.82, 2.24) is 14.9 Å². The third-order valence-electron chi connectivity index (χ3n) is 5.77. The van der Waals surface area contributed by atoms with Crippen LogP contribution in [0.4, 0.5) is 11.4 Å². The standard InChI is InChI=1S/C26H29N5O4/c1-19-4-2-5-21(14-19)29-24(32)17-35-23-8-6-22(7-9-23)31-16-20(15-25(31)33)26(34)28-10-3-12-30-13-11-27-18-30/h2,4-9,11,13-14,18,20H,3,10,12,15-17H2,1H3,(H,28,34)(H,29,32)/t20-/m0/s1. The van der Waals surface area contributed by atoms with Crippen LogP contribution in [0.25, 0.3) is 0 Å². The van der Waals surface area contributed by atoms with Gasteiger partial charge in [0.15, 0.2) is 6.61 Å². The molecule has 9 heteroatoms. The van der Waals surface area contributed by atoms with Gasteiger partial charge in [-0.3, -0.25) is 14.4 Å². The van der Waals surface area contributed by atoms with Gasteiger partial charge in [-0.25, -0.2) is 4.98 Å². The quantitative estimate of drug-likeness (QED) is 0.439. The summed E-state index contributed by atoms with van der Waals surface area (Å²) in [7, 11) is 0. The third kappa shape index (κ3) is 6.69. The van der Waals surface area contributed by atoms with Crippen LogP contribution in [-0.2, 0) is 20.9 Å². The van der Waals surface area contributed by atoms with E-state index in [2.05, 4.69) is 15.6 Å². The highest BCUT2D eigenvalue weighted by Crippen LogP contribution is 2.27. The summed E-state index contributed by atoms with van der Waals surface area (Å²) in [5.74, 6) is -0.307. The lowest BCUT2D eigenvalue weighted by Crippen LogP contribution is -2.33. The molecule has 35 heavy (non-hydrogen) atoms. The first-order valence-electron chi connectivity index (χ1n) is 11.6. The molecule has 9 nitrogen and oxygen atoms in total. The normalized spacial score (nSPS) is 15.2. The summed E-state index contributed by atoms with van der Waals surface area (Å²) in [5, 5.41) is 5.72. The highest BCUT2D eigenvalue weighted by Gasteiger charge is 2.34. The molecular weight excluding hydrogens is 446 g/mol. The monoisotopic (exact) mass is 475 g/mol. The van der Waals surface area contributed by atoms with Crippen molar-refractivity contribution in [3.8, 4) is 5.75 Å². The van der Waals surface area contributed by atoms with Crippen LogP contribution in [-0.4, -0.2) is 47.0 Å². The van der Waals surface area contributed by atoms with Gasteiger partial charge in [-0.1, -0.05) is 12.1 Å². The molecule has 0 radical (unpaired) electrons. The lowest BCUT2D eigenvalue weighted by Gasteiger charge is -2.17. The zero-order valence-corrected chi connectivity index (χ0v) is 19.6. The summed E-state index contributed by atoms with van der Waals surface area (Å²) in [6.07, 6.45) is 6.32. The van der Waals surface area contributed by atoms with Gasteiger partial charge in [0, 0.05) is 49.8 Å². The van der Waals surface area contributed by atoms with Gasteiger partial charge >= 0.3 is 0 Å². The van der Waals surface area contributed by atoms with E-state index in [9.17, 15) is 14.4 Å².